The number of carbonyl (C=O) groups excluding carboxylic acids is 1. The molecule has 2 aromatic heterocycles. The van der Waals surface area contributed by atoms with E-state index in [0.717, 1.165) is 12.1 Å². The number of aliphatic carboxylic acids is 1. The van der Waals surface area contributed by atoms with E-state index >= 15 is 0 Å². The molecule has 1 amide bonds. The van der Waals surface area contributed by atoms with Gasteiger partial charge in [-0.3, -0.25) is 4.79 Å². The number of carbonyl (C=O) groups is 2. The predicted octanol–water partition coefficient (Wildman–Crippen LogP) is 2.44. The Hall–Kier alpha value is -3.47. The lowest BCUT2D eigenvalue weighted by molar-refractivity contribution is -0.192. The lowest BCUT2D eigenvalue weighted by Gasteiger charge is -2.11. The van der Waals surface area contributed by atoms with Crippen molar-refractivity contribution in [3.05, 3.63) is 59.5 Å². The van der Waals surface area contributed by atoms with E-state index in [-0.39, 0.29) is 11.9 Å². The van der Waals surface area contributed by atoms with Crippen LogP contribution < -0.4 is 10.6 Å². The van der Waals surface area contributed by atoms with Gasteiger partial charge in [0.2, 0.25) is 5.91 Å². The van der Waals surface area contributed by atoms with Gasteiger partial charge >= 0.3 is 12.1 Å². The van der Waals surface area contributed by atoms with Crippen LogP contribution in [0.4, 0.5) is 13.2 Å². The van der Waals surface area contributed by atoms with Gasteiger partial charge in [0.25, 0.3) is 0 Å². The number of pyridine rings is 1. The Morgan fingerprint density at radius 2 is 1.93 bits per heavy atom. The average Bonchev–Trinajstić information content (AvgIpc) is 3.30. The number of hydrogen-bond donors (Lipinski definition) is 4. The van der Waals surface area contributed by atoms with E-state index in [2.05, 4.69) is 37.7 Å². The second kappa shape index (κ2) is 8.91. The SMILES string of the molecule is O=C(CC1NCc2ccccc21)NCc1nc2ncccc2[nH]1.O=C(O)C(F)(F)F. The zero-order chi connectivity index (χ0) is 21.7. The van der Waals surface area contributed by atoms with Crippen LogP contribution in [0.25, 0.3) is 11.2 Å². The Bertz CT molecular complexity index is 1020. The van der Waals surface area contributed by atoms with Crippen LogP contribution in [0.15, 0.2) is 42.6 Å². The summed E-state index contributed by atoms with van der Waals surface area (Å²) in [5, 5.41) is 13.4. The van der Waals surface area contributed by atoms with Gasteiger partial charge in [0.15, 0.2) is 5.65 Å². The van der Waals surface area contributed by atoms with Crippen molar-refractivity contribution in [2.75, 3.05) is 0 Å². The number of amides is 1. The van der Waals surface area contributed by atoms with Crippen LogP contribution in [0.3, 0.4) is 0 Å². The predicted molar refractivity (Wildman–Crippen MR) is 100 cm³/mol. The Labute approximate surface area is 168 Å². The first-order valence-corrected chi connectivity index (χ1v) is 8.91. The van der Waals surface area contributed by atoms with Crippen LogP contribution in [0.1, 0.15) is 29.4 Å². The maximum atomic E-state index is 12.2. The van der Waals surface area contributed by atoms with Gasteiger partial charge < -0.3 is 20.7 Å². The molecule has 4 rings (SSSR count). The average molecular weight is 421 g/mol. The Kier molecular flexibility index (Phi) is 6.31. The lowest BCUT2D eigenvalue weighted by atomic mass is 10.0. The number of nitrogens with zero attached hydrogens (tertiary/aromatic N) is 2. The van der Waals surface area contributed by atoms with Crippen LogP contribution in [0.2, 0.25) is 0 Å². The smallest absolute Gasteiger partial charge is 0.475 e. The number of fused-ring (bicyclic) bond motifs is 2. The molecule has 1 aliphatic rings. The highest BCUT2D eigenvalue weighted by Gasteiger charge is 2.38. The third kappa shape index (κ3) is 5.32. The number of hydrogen-bond acceptors (Lipinski definition) is 5. The molecule has 4 N–H and O–H groups in total. The van der Waals surface area contributed by atoms with Crippen LogP contribution in [0, 0.1) is 0 Å². The monoisotopic (exact) mass is 421 g/mol. The molecule has 11 heteroatoms. The van der Waals surface area contributed by atoms with E-state index in [9.17, 15) is 18.0 Å². The number of aromatic nitrogens is 3. The number of benzene rings is 1. The number of alkyl halides is 3. The molecule has 0 saturated heterocycles. The van der Waals surface area contributed by atoms with E-state index in [1.807, 2.05) is 24.3 Å². The fraction of sp³-hybridized carbons (Fsp3) is 0.263. The molecule has 1 atom stereocenters. The van der Waals surface area contributed by atoms with Gasteiger partial charge in [-0.1, -0.05) is 24.3 Å². The summed E-state index contributed by atoms with van der Waals surface area (Å²) in [6.07, 6.45) is -2.95. The summed E-state index contributed by atoms with van der Waals surface area (Å²) in [6, 6.07) is 12.1. The number of imidazole rings is 1. The molecule has 158 valence electrons. The van der Waals surface area contributed by atoms with Gasteiger partial charge in [-0.25, -0.2) is 14.8 Å². The highest BCUT2D eigenvalue weighted by atomic mass is 19.4. The van der Waals surface area contributed by atoms with Crippen molar-refractivity contribution in [2.45, 2.75) is 31.7 Å². The van der Waals surface area contributed by atoms with Crippen molar-refractivity contribution in [1.82, 2.24) is 25.6 Å². The van der Waals surface area contributed by atoms with Gasteiger partial charge in [0.1, 0.15) is 5.82 Å². The van der Waals surface area contributed by atoms with E-state index in [1.54, 1.807) is 6.20 Å². The van der Waals surface area contributed by atoms with E-state index < -0.39 is 12.1 Å². The quantitative estimate of drug-likeness (QED) is 0.514. The van der Waals surface area contributed by atoms with Crippen molar-refractivity contribution in [3.63, 3.8) is 0 Å². The summed E-state index contributed by atoms with van der Waals surface area (Å²) in [5.41, 5.74) is 4.04. The van der Waals surface area contributed by atoms with Crippen LogP contribution in [0.5, 0.6) is 0 Å². The topological polar surface area (TPSA) is 120 Å². The van der Waals surface area contributed by atoms with Gasteiger partial charge in [-0.05, 0) is 23.3 Å². The molecule has 0 spiro atoms. The second-order valence-corrected chi connectivity index (χ2v) is 6.47. The molecule has 0 saturated carbocycles. The summed E-state index contributed by atoms with van der Waals surface area (Å²) in [4.78, 5) is 32.8. The summed E-state index contributed by atoms with van der Waals surface area (Å²) in [6.45, 7) is 1.20. The third-order valence-electron chi connectivity index (χ3n) is 4.36. The maximum Gasteiger partial charge on any atom is 0.490 e. The number of carboxylic acid groups (broad SMARTS) is 1. The molecule has 3 aromatic rings. The highest BCUT2D eigenvalue weighted by molar-refractivity contribution is 5.77. The van der Waals surface area contributed by atoms with Crippen LogP contribution in [-0.4, -0.2) is 38.1 Å². The molecule has 8 nitrogen and oxygen atoms in total. The molecule has 1 aliphatic heterocycles. The Morgan fingerprint density at radius 3 is 2.63 bits per heavy atom. The number of H-pyrrole nitrogens is 1. The lowest BCUT2D eigenvalue weighted by Crippen LogP contribution is -2.27. The number of rotatable bonds is 4. The molecule has 30 heavy (non-hydrogen) atoms. The van der Waals surface area contributed by atoms with Crippen molar-refractivity contribution in [1.29, 1.82) is 0 Å². The number of carboxylic acids is 1. The summed E-state index contributed by atoms with van der Waals surface area (Å²) >= 11 is 0. The van der Waals surface area contributed by atoms with Crippen molar-refractivity contribution in [2.24, 2.45) is 0 Å². The largest absolute Gasteiger partial charge is 0.490 e. The van der Waals surface area contributed by atoms with Gasteiger partial charge in [0, 0.05) is 25.2 Å². The van der Waals surface area contributed by atoms with Crippen LogP contribution in [-0.2, 0) is 22.7 Å². The molecule has 0 fully saturated rings. The first-order chi connectivity index (χ1) is 14.2. The maximum absolute atomic E-state index is 12.2. The normalized spacial score (nSPS) is 15.2. The fourth-order valence-corrected chi connectivity index (χ4v) is 2.98. The third-order valence-corrected chi connectivity index (χ3v) is 4.36. The summed E-state index contributed by atoms with van der Waals surface area (Å²) in [5.74, 6) is -2.04. The molecular weight excluding hydrogens is 403 g/mol. The zero-order valence-corrected chi connectivity index (χ0v) is 15.5. The first kappa shape index (κ1) is 21.2. The molecule has 1 aromatic carbocycles. The first-order valence-electron chi connectivity index (χ1n) is 8.91. The van der Waals surface area contributed by atoms with Gasteiger partial charge in [0.05, 0.1) is 12.1 Å². The number of aromatic amines is 1. The van der Waals surface area contributed by atoms with Crippen molar-refractivity contribution in [3.8, 4) is 0 Å². The highest BCUT2D eigenvalue weighted by Crippen LogP contribution is 2.27. The van der Waals surface area contributed by atoms with Crippen molar-refractivity contribution >= 4 is 23.0 Å². The van der Waals surface area contributed by atoms with Crippen molar-refractivity contribution < 1.29 is 27.9 Å². The standard InChI is InChI=1S/C17H17N5O.C2HF3O2/c23-16(8-14-12-5-2-1-4-11(12)9-19-14)20-10-15-21-13-6-3-7-18-17(13)22-15;3-2(4,5)1(6)7/h1-7,14,19H,8-10H2,(H,20,23)(H,18,21,22);(H,6,7). The second-order valence-electron chi connectivity index (χ2n) is 6.47. The summed E-state index contributed by atoms with van der Waals surface area (Å²) < 4.78 is 31.7. The molecule has 1 unspecified atom stereocenters. The van der Waals surface area contributed by atoms with E-state index in [0.29, 0.717) is 24.4 Å². The van der Waals surface area contributed by atoms with Crippen LogP contribution >= 0.6 is 0 Å². The molecule has 0 aliphatic carbocycles. The van der Waals surface area contributed by atoms with E-state index in [4.69, 9.17) is 9.90 Å². The summed E-state index contributed by atoms with van der Waals surface area (Å²) in [7, 11) is 0. The number of nitrogens with one attached hydrogen (secondary N) is 3. The fourth-order valence-electron chi connectivity index (χ4n) is 2.98. The molecule has 0 bridgehead atoms. The Morgan fingerprint density at radius 1 is 1.20 bits per heavy atom. The molecule has 3 heterocycles. The zero-order valence-electron chi connectivity index (χ0n) is 15.5. The molecular formula is C19H18F3N5O3. The minimum Gasteiger partial charge on any atom is -0.475 e. The van der Waals surface area contributed by atoms with Gasteiger partial charge in [-0.2, -0.15) is 13.2 Å². The van der Waals surface area contributed by atoms with E-state index in [1.165, 1.54) is 11.1 Å². The number of halogens is 3. The minimum atomic E-state index is -5.08. The Balaban J connectivity index is 0.000000318. The minimum absolute atomic E-state index is 0.00705. The molecule has 0 radical (unpaired) electrons. The van der Waals surface area contributed by atoms with Gasteiger partial charge in [-0.15, -0.1) is 0 Å².